The number of ether oxygens (including phenoxy) is 1. The van der Waals surface area contributed by atoms with Crippen LogP contribution in [0.1, 0.15) is 20.8 Å². The Balaban J connectivity index is 0.000000791. The molecule has 1 atom stereocenters. The lowest BCUT2D eigenvalue weighted by Gasteiger charge is -2.45. The van der Waals surface area contributed by atoms with Crippen LogP contribution < -0.4 is 0 Å². The monoisotopic (exact) mass is 202 g/mol. The maximum absolute atomic E-state index is 5.23. The lowest BCUT2D eigenvalue weighted by atomic mass is 9.98. The molecule has 0 radical (unpaired) electrons. The van der Waals surface area contributed by atoms with Gasteiger partial charge in [0.05, 0.1) is 12.1 Å². The molecule has 1 unspecified atom stereocenters. The third-order valence-corrected chi connectivity index (χ3v) is 2.80. The number of hydrogen-bond acceptors (Lipinski definition) is 3. The lowest BCUT2D eigenvalue weighted by molar-refractivity contribution is -0.0154. The van der Waals surface area contributed by atoms with Crippen molar-refractivity contribution in [2.24, 2.45) is 0 Å². The molecule has 0 aromatic rings. The number of hydrogen-bond donors (Lipinski definition) is 0. The predicted molar refractivity (Wildman–Crippen MR) is 61.8 cm³/mol. The van der Waals surface area contributed by atoms with Crippen molar-refractivity contribution in [3.63, 3.8) is 0 Å². The first-order valence-electron chi connectivity index (χ1n) is 5.47. The van der Waals surface area contributed by atoms with E-state index in [1.807, 2.05) is 13.8 Å². The zero-order valence-corrected chi connectivity index (χ0v) is 10.6. The van der Waals surface area contributed by atoms with Gasteiger partial charge in [-0.25, -0.2) is 0 Å². The van der Waals surface area contributed by atoms with E-state index in [2.05, 4.69) is 30.8 Å². The Morgan fingerprint density at radius 2 is 1.79 bits per heavy atom. The van der Waals surface area contributed by atoms with E-state index < -0.39 is 0 Å². The first kappa shape index (κ1) is 13.9. The second-order valence-corrected chi connectivity index (χ2v) is 4.09. The normalized spacial score (nSPS) is 29.6. The maximum atomic E-state index is 5.23. The highest BCUT2D eigenvalue weighted by atomic mass is 16.5. The SMILES string of the molecule is CC.COCC1(C)CN(C)CCN1C. The molecule has 0 amide bonds. The van der Waals surface area contributed by atoms with Gasteiger partial charge in [0.2, 0.25) is 0 Å². The van der Waals surface area contributed by atoms with Crippen molar-refractivity contribution in [1.29, 1.82) is 0 Å². The Kier molecular flexibility index (Phi) is 6.33. The fraction of sp³-hybridized carbons (Fsp3) is 1.00. The van der Waals surface area contributed by atoms with Gasteiger partial charge in [0.1, 0.15) is 0 Å². The number of nitrogens with zero attached hydrogens (tertiary/aromatic N) is 2. The average molecular weight is 202 g/mol. The fourth-order valence-corrected chi connectivity index (χ4v) is 1.84. The summed E-state index contributed by atoms with van der Waals surface area (Å²) < 4.78 is 5.23. The molecule has 0 saturated carbocycles. The van der Waals surface area contributed by atoms with Crippen LogP contribution in [0.25, 0.3) is 0 Å². The smallest absolute Gasteiger partial charge is 0.0656 e. The Labute approximate surface area is 89.0 Å². The molecule has 3 nitrogen and oxygen atoms in total. The molecule has 1 saturated heterocycles. The van der Waals surface area contributed by atoms with Gasteiger partial charge in [-0.1, -0.05) is 13.8 Å². The van der Waals surface area contributed by atoms with Crippen molar-refractivity contribution in [2.45, 2.75) is 26.3 Å². The highest BCUT2D eigenvalue weighted by Crippen LogP contribution is 2.18. The molecule has 0 aliphatic carbocycles. The number of methoxy groups -OCH3 is 1. The lowest BCUT2D eigenvalue weighted by Crippen LogP contribution is -2.60. The zero-order valence-electron chi connectivity index (χ0n) is 10.6. The summed E-state index contributed by atoms with van der Waals surface area (Å²) in [6.45, 7) is 10.5. The van der Waals surface area contributed by atoms with Crippen LogP contribution >= 0.6 is 0 Å². The zero-order chi connectivity index (χ0) is 11.2. The molecule has 1 aliphatic heterocycles. The summed E-state index contributed by atoms with van der Waals surface area (Å²) in [5.74, 6) is 0. The van der Waals surface area contributed by atoms with Gasteiger partial charge >= 0.3 is 0 Å². The van der Waals surface area contributed by atoms with Gasteiger partial charge in [-0.05, 0) is 21.0 Å². The molecular weight excluding hydrogens is 176 g/mol. The first-order chi connectivity index (χ1) is 6.58. The second-order valence-electron chi connectivity index (χ2n) is 4.09. The van der Waals surface area contributed by atoms with E-state index in [1.165, 1.54) is 0 Å². The van der Waals surface area contributed by atoms with Crippen molar-refractivity contribution in [2.75, 3.05) is 47.4 Å². The van der Waals surface area contributed by atoms with E-state index in [9.17, 15) is 0 Å². The molecule has 86 valence electrons. The molecular formula is C11H26N2O. The van der Waals surface area contributed by atoms with E-state index in [-0.39, 0.29) is 5.54 Å². The van der Waals surface area contributed by atoms with Gasteiger partial charge in [-0.2, -0.15) is 0 Å². The van der Waals surface area contributed by atoms with Crippen molar-refractivity contribution >= 4 is 0 Å². The van der Waals surface area contributed by atoms with Crippen LogP contribution in [0.15, 0.2) is 0 Å². The van der Waals surface area contributed by atoms with E-state index in [0.717, 1.165) is 26.2 Å². The minimum atomic E-state index is 0.196. The van der Waals surface area contributed by atoms with Crippen molar-refractivity contribution in [3.8, 4) is 0 Å². The molecule has 0 aromatic heterocycles. The van der Waals surface area contributed by atoms with E-state index in [1.54, 1.807) is 7.11 Å². The van der Waals surface area contributed by atoms with E-state index >= 15 is 0 Å². The summed E-state index contributed by atoms with van der Waals surface area (Å²) in [7, 11) is 6.11. The minimum Gasteiger partial charge on any atom is -0.383 e. The average Bonchev–Trinajstić information content (AvgIpc) is 2.16. The summed E-state index contributed by atoms with van der Waals surface area (Å²) in [5.41, 5.74) is 0.196. The fourth-order valence-electron chi connectivity index (χ4n) is 1.84. The molecule has 1 fully saturated rings. The van der Waals surface area contributed by atoms with Crippen molar-refractivity contribution < 1.29 is 4.74 Å². The van der Waals surface area contributed by atoms with Crippen LogP contribution in [-0.4, -0.2) is 62.8 Å². The van der Waals surface area contributed by atoms with Crippen molar-refractivity contribution in [3.05, 3.63) is 0 Å². The highest BCUT2D eigenvalue weighted by Gasteiger charge is 2.33. The summed E-state index contributed by atoms with van der Waals surface area (Å²) in [6.07, 6.45) is 0. The summed E-state index contributed by atoms with van der Waals surface area (Å²) in [5, 5.41) is 0. The Morgan fingerprint density at radius 3 is 2.29 bits per heavy atom. The molecule has 0 spiro atoms. The van der Waals surface area contributed by atoms with Crippen LogP contribution in [0.3, 0.4) is 0 Å². The largest absolute Gasteiger partial charge is 0.383 e. The number of piperazine rings is 1. The van der Waals surface area contributed by atoms with E-state index in [4.69, 9.17) is 4.74 Å². The Bertz CT molecular complexity index is 152. The quantitative estimate of drug-likeness (QED) is 0.671. The number of likely N-dealkylation sites (N-methyl/N-ethyl adjacent to an activating group) is 2. The first-order valence-corrected chi connectivity index (χ1v) is 5.47. The van der Waals surface area contributed by atoms with Gasteiger partial charge < -0.3 is 9.64 Å². The molecule has 1 rings (SSSR count). The summed E-state index contributed by atoms with van der Waals surface area (Å²) >= 11 is 0. The van der Waals surface area contributed by atoms with Crippen LogP contribution in [0.4, 0.5) is 0 Å². The van der Waals surface area contributed by atoms with Gasteiger partial charge in [0, 0.05) is 26.7 Å². The van der Waals surface area contributed by atoms with Crippen LogP contribution in [0.5, 0.6) is 0 Å². The number of rotatable bonds is 2. The molecule has 0 bridgehead atoms. The molecule has 1 aliphatic rings. The second kappa shape index (κ2) is 6.38. The third-order valence-electron chi connectivity index (χ3n) is 2.80. The summed E-state index contributed by atoms with van der Waals surface area (Å²) in [4.78, 5) is 4.75. The Hall–Kier alpha value is -0.120. The predicted octanol–water partition coefficient (Wildman–Crippen LogP) is 1.29. The van der Waals surface area contributed by atoms with Gasteiger partial charge in [-0.3, -0.25) is 4.90 Å². The molecule has 14 heavy (non-hydrogen) atoms. The van der Waals surface area contributed by atoms with Crippen LogP contribution in [0.2, 0.25) is 0 Å². The standard InChI is InChI=1S/C9H20N2O.C2H6/c1-9(8-12-4)7-10(2)5-6-11(9)3;1-2/h5-8H2,1-4H3;1-2H3. The molecule has 1 heterocycles. The van der Waals surface area contributed by atoms with E-state index in [0.29, 0.717) is 0 Å². The van der Waals surface area contributed by atoms with Gasteiger partial charge in [0.15, 0.2) is 0 Å². The molecule has 0 aromatic carbocycles. The van der Waals surface area contributed by atoms with Crippen molar-refractivity contribution in [1.82, 2.24) is 9.80 Å². The van der Waals surface area contributed by atoms with Gasteiger partial charge in [-0.15, -0.1) is 0 Å². The topological polar surface area (TPSA) is 15.7 Å². The third kappa shape index (κ3) is 3.56. The maximum Gasteiger partial charge on any atom is 0.0656 e. The molecule has 0 N–H and O–H groups in total. The summed E-state index contributed by atoms with van der Waals surface area (Å²) in [6, 6.07) is 0. The van der Waals surface area contributed by atoms with Gasteiger partial charge in [0.25, 0.3) is 0 Å². The minimum absolute atomic E-state index is 0.196. The van der Waals surface area contributed by atoms with Crippen LogP contribution in [0, 0.1) is 0 Å². The highest BCUT2D eigenvalue weighted by molar-refractivity contribution is 4.91. The van der Waals surface area contributed by atoms with Crippen LogP contribution in [-0.2, 0) is 4.74 Å². The Morgan fingerprint density at radius 1 is 1.21 bits per heavy atom. The molecule has 3 heteroatoms.